The standard InChI is InChI=1S/C16H18N2O.C6H4N3.Na/c1-4-12(2)18-16-10-9-13(11-17-16)14-7-5-6-8-15(14)19-3;1-2-5-6(7-3-1)9-4-8-5;/h5-12H,1-2,4H2,3H3,(H,17,18);1-3H,(H,7,8,9);/q-2;-1;+1. The minimum absolute atomic E-state index is 0. The number of pyridine rings is 2. The molecule has 29 heavy (non-hydrogen) atoms. The van der Waals surface area contributed by atoms with Gasteiger partial charge in [0.25, 0.3) is 0 Å². The maximum absolute atomic E-state index is 5.35. The van der Waals surface area contributed by atoms with E-state index in [4.69, 9.17) is 4.74 Å². The Morgan fingerprint density at radius 1 is 1.14 bits per heavy atom. The molecule has 0 aliphatic heterocycles. The first-order chi connectivity index (χ1) is 13.7. The van der Waals surface area contributed by atoms with Crippen LogP contribution in [0.4, 0.5) is 5.82 Å². The van der Waals surface area contributed by atoms with E-state index in [1.165, 1.54) is 0 Å². The molecule has 4 rings (SSSR count). The van der Waals surface area contributed by atoms with Crippen molar-refractivity contribution in [1.29, 1.82) is 0 Å². The first-order valence-electron chi connectivity index (χ1n) is 8.86. The third-order valence-corrected chi connectivity index (χ3v) is 4.02. The molecule has 0 bridgehead atoms. The summed E-state index contributed by atoms with van der Waals surface area (Å²) in [4.78, 5) is 15.0. The van der Waals surface area contributed by atoms with Gasteiger partial charge in [0.05, 0.1) is 7.11 Å². The third-order valence-electron chi connectivity index (χ3n) is 4.02. The number of anilines is 1. The van der Waals surface area contributed by atoms with Gasteiger partial charge in [0.2, 0.25) is 0 Å². The molecular formula is C22H22N5NaO-2. The maximum Gasteiger partial charge on any atom is 1.00 e. The van der Waals surface area contributed by atoms with Gasteiger partial charge in [-0.05, 0) is 24.5 Å². The van der Waals surface area contributed by atoms with E-state index in [2.05, 4.69) is 45.4 Å². The van der Waals surface area contributed by atoms with Gasteiger partial charge >= 0.3 is 29.6 Å². The Morgan fingerprint density at radius 2 is 1.97 bits per heavy atom. The van der Waals surface area contributed by atoms with Gasteiger partial charge in [-0.3, -0.25) is 0 Å². The normalized spacial score (nSPS) is 11.0. The topological polar surface area (TPSA) is 75.7 Å². The molecule has 0 spiro atoms. The molecule has 1 aromatic carbocycles. The van der Waals surface area contributed by atoms with Gasteiger partial charge in [-0.2, -0.15) is 6.42 Å². The largest absolute Gasteiger partial charge is 1.00 e. The van der Waals surface area contributed by atoms with Gasteiger partial charge < -0.3 is 38.9 Å². The van der Waals surface area contributed by atoms with Crippen molar-refractivity contribution in [2.45, 2.75) is 12.5 Å². The molecule has 2 N–H and O–H groups in total. The number of nitrogens with zero attached hydrogens (tertiary/aromatic N) is 3. The second-order valence-electron chi connectivity index (χ2n) is 5.98. The molecule has 1 atom stereocenters. The summed E-state index contributed by atoms with van der Waals surface area (Å²) in [5.74, 6) is 1.65. The molecule has 3 heterocycles. The molecule has 3 aromatic heterocycles. The minimum atomic E-state index is 0. The summed E-state index contributed by atoms with van der Waals surface area (Å²) in [6.45, 7) is 7.73. The van der Waals surface area contributed by atoms with Crippen molar-refractivity contribution in [2.24, 2.45) is 0 Å². The van der Waals surface area contributed by atoms with Crippen molar-refractivity contribution >= 4 is 17.0 Å². The van der Waals surface area contributed by atoms with Crippen molar-refractivity contribution in [3.63, 3.8) is 0 Å². The molecule has 6 nitrogen and oxygen atoms in total. The summed E-state index contributed by atoms with van der Waals surface area (Å²) in [7, 11) is 1.67. The maximum atomic E-state index is 5.35. The van der Waals surface area contributed by atoms with Gasteiger partial charge in [0.1, 0.15) is 11.6 Å². The second kappa shape index (κ2) is 11.6. The first-order valence-corrected chi connectivity index (χ1v) is 8.86. The molecule has 0 saturated carbocycles. The molecule has 0 amide bonds. The number of benzene rings is 1. The fraction of sp³-hybridized carbons (Fsp3) is 0.136. The van der Waals surface area contributed by atoms with Crippen molar-refractivity contribution in [1.82, 2.24) is 19.9 Å². The van der Waals surface area contributed by atoms with Gasteiger partial charge in [-0.1, -0.05) is 35.8 Å². The van der Waals surface area contributed by atoms with Crippen LogP contribution in [0.2, 0.25) is 0 Å². The number of rotatable bonds is 5. The Morgan fingerprint density at radius 3 is 2.66 bits per heavy atom. The van der Waals surface area contributed by atoms with Crippen LogP contribution >= 0.6 is 0 Å². The Labute approximate surface area is 193 Å². The number of nitrogens with one attached hydrogen (secondary N) is 2. The van der Waals surface area contributed by atoms with Gasteiger partial charge in [-0.15, -0.1) is 6.04 Å². The SMILES string of the molecule is [CH2-]CC([CH2-])Nc1ccc(-c2ccccc2OC)cn1.[Na+].[c-]1nc2cccnc2[nH]1. The van der Waals surface area contributed by atoms with Crippen LogP contribution in [0.25, 0.3) is 22.3 Å². The number of fused-ring (bicyclic) bond motifs is 1. The first kappa shape index (κ1) is 22.9. The summed E-state index contributed by atoms with van der Waals surface area (Å²) < 4.78 is 5.35. The van der Waals surface area contributed by atoms with Crippen molar-refractivity contribution in [2.75, 3.05) is 12.4 Å². The van der Waals surface area contributed by atoms with Gasteiger partial charge in [0.15, 0.2) is 0 Å². The fourth-order valence-corrected chi connectivity index (χ4v) is 2.53. The van der Waals surface area contributed by atoms with E-state index < -0.39 is 0 Å². The summed E-state index contributed by atoms with van der Waals surface area (Å²) in [5.41, 5.74) is 3.71. The molecule has 0 radical (unpaired) electrons. The summed E-state index contributed by atoms with van der Waals surface area (Å²) in [5, 5.41) is 3.18. The number of para-hydroxylation sites is 1. The van der Waals surface area contributed by atoms with Crippen LogP contribution in [0.5, 0.6) is 5.75 Å². The van der Waals surface area contributed by atoms with Gasteiger partial charge in [-0.25, -0.2) is 4.98 Å². The predicted octanol–water partition coefficient (Wildman–Crippen LogP) is 1.36. The average Bonchev–Trinajstić information content (AvgIpc) is 3.23. The van der Waals surface area contributed by atoms with E-state index in [-0.39, 0.29) is 35.6 Å². The molecule has 0 aliphatic carbocycles. The van der Waals surface area contributed by atoms with E-state index in [0.717, 1.165) is 40.3 Å². The van der Waals surface area contributed by atoms with Crippen LogP contribution in [-0.2, 0) is 0 Å². The van der Waals surface area contributed by atoms with E-state index in [9.17, 15) is 0 Å². The molecule has 7 heteroatoms. The molecule has 0 aliphatic rings. The molecule has 0 saturated heterocycles. The van der Waals surface area contributed by atoms with Crippen molar-refractivity contribution in [3.8, 4) is 16.9 Å². The molecule has 4 aromatic rings. The zero-order chi connectivity index (χ0) is 19.8. The average molecular weight is 395 g/mol. The summed E-state index contributed by atoms with van der Waals surface area (Å²) >= 11 is 0. The predicted molar refractivity (Wildman–Crippen MR) is 112 cm³/mol. The Bertz CT molecular complexity index is 973. The van der Waals surface area contributed by atoms with Crippen LogP contribution in [0.1, 0.15) is 6.42 Å². The van der Waals surface area contributed by atoms with Crippen LogP contribution in [0.15, 0.2) is 60.9 Å². The fourth-order valence-electron chi connectivity index (χ4n) is 2.53. The van der Waals surface area contributed by atoms with Crippen molar-refractivity contribution in [3.05, 3.63) is 81.1 Å². The van der Waals surface area contributed by atoms with E-state index in [0.29, 0.717) is 0 Å². The smallest absolute Gasteiger partial charge is 0.496 e. The van der Waals surface area contributed by atoms with Crippen LogP contribution < -0.4 is 39.6 Å². The number of ether oxygens (including phenoxy) is 1. The van der Waals surface area contributed by atoms with Crippen molar-refractivity contribution < 1.29 is 34.3 Å². The molecule has 1 unspecified atom stereocenters. The number of hydrogen-bond donors (Lipinski definition) is 2. The number of H-pyrrole nitrogens is 1. The number of aromatic nitrogens is 4. The Hall–Kier alpha value is -2.41. The quantitative estimate of drug-likeness (QED) is 0.394. The Kier molecular flexibility index (Phi) is 9.12. The van der Waals surface area contributed by atoms with E-state index in [1.807, 2.05) is 54.7 Å². The monoisotopic (exact) mass is 395 g/mol. The number of aromatic amines is 1. The zero-order valence-electron chi connectivity index (χ0n) is 16.7. The zero-order valence-corrected chi connectivity index (χ0v) is 18.7. The van der Waals surface area contributed by atoms with Gasteiger partial charge in [0, 0.05) is 29.2 Å². The molecular weight excluding hydrogens is 373 g/mol. The number of hydrogen-bond acceptors (Lipinski definition) is 5. The van der Waals surface area contributed by atoms with E-state index >= 15 is 0 Å². The number of imidazole rings is 1. The van der Waals surface area contributed by atoms with Crippen LogP contribution in [0.3, 0.4) is 0 Å². The third kappa shape index (κ3) is 6.29. The number of methoxy groups -OCH3 is 1. The van der Waals surface area contributed by atoms with Crippen LogP contribution in [-0.4, -0.2) is 33.1 Å². The molecule has 0 fully saturated rings. The minimum Gasteiger partial charge on any atom is -0.496 e. The second-order valence-corrected chi connectivity index (χ2v) is 5.98. The summed E-state index contributed by atoms with van der Waals surface area (Å²) in [6, 6.07) is 15.7. The van der Waals surface area contributed by atoms with E-state index in [1.54, 1.807) is 13.3 Å². The molecule has 144 valence electrons. The van der Waals surface area contributed by atoms with Crippen LogP contribution in [0, 0.1) is 20.2 Å². The Balaban J connectivity index is 0.000000250. The summed E-state index contributed by atoms with van der Waals surface area (Å²) in [6.07, 6.45) is 6.86.